The molecule has 1 aromatic heterocycles. The number of methoxy groups -OCH3 is 1. The van der Waals surface area contributed by atoms with Crippen LogP contribution in [0.2, 0.25) is 5.02 Å². The smallest absolute Gasteiger partial charge is 0.294 e. The minimum atomic E-state index is -4.47. The average Bonchev–Trinajstić information content (AvgIpc) is 3.43. The summed E-state index contributed by atoms with van der Waals surface area (Å²) < 4.78 is 39.7. The van der Waals surface area contributed by atoms with E-state index in [2.05, 4.69) is 5.10 Å². The van der Waals surface area contributed by atoms with Gasteiger partial charge in [-0.3, -0.25) is 14.1 Å². The molecular formula is C23H19ClN4O6S3. The molecule has 0 saturated heterocycles. The van der Waals surface area contributed by atoms with Gasteiger partial charge in [0.15, 0.2) is 0 Å². The van der Waals surface area contributed by atoms with E-state index >= 15 is 0 Å². The van der Waals surface area contributed by atoms with Gasteiger partial charge in [-0.15, -0.1) is 11.3 Å². The van der Waals surface area contributed by atoms with Crippen LogP contribution in [0.15, 0.2) is 56.1 Å². The minimum Gasteiger partial charge on any atom is -0.497 e. The fourth-order valence-corrected chi connectivity index (χ4v) is 7.34. The van der Waals surface area contributed by atoms with Gasteiger partial charge in [0.1, 0.15) is 20.0 Å². The van der Waals surface area contributed by atoms with Crippen molar-refractivity contribution in [1.29, 1.82) is 0 Å². The van der Waals surface area contributed by atoms with E-state index in [4.69, 9.17) is 16.3 Å². The number of ether oxygens (including phenoxy) is 1. The van der Waals surface area contributed by atoms with Gasteiger partial charge < -0.3 is 14.2 Å². The maximum absolute atomic E-state index is 13.5. The third-order valence-electron chi connectivity index (χ3n) is 5.91. The standard InChI is InChI=1S/C23H19ClN4O6S3/c1-11-18(20(29)28(25-11)15-7-6-13(10-14(15)24)37(31,32)33)22-27(3)21(30)19(36-22)23-26(2)16-9-12(34-4)5-8-17(16)35-23/h5-10H,1-4H3,(H,31,32,33)/b22-18+,23-19-. The van der Waals surface area contributed by atoms with Crippen molar-refractivity contribution in [1.82, 2.24) is 4.57 Å². The number of thioether (sulfide) groups is 1. The van der Waals surface area contributed by atoms with Crippen LogP contribution in [0.25, 0.3) is 10.6 Å². The zero-order chi connectivity index (χ0) is 26.8. The molecule has 192 valence electrons. The second-order valence-electron chi connectivity index (χ2n) is 8.17. The lowest BCUT2D eigenvalue weighted by molar-refractivity contribution is -0.112. The molecule has 2 aromatic carbocycles. The Kier molecular flexibility index (Phi) is 6.23. The van der Waals surface area contributed by atoms with Gasteiger partial charge in [0.05, 0.1) is 39.7 Å². The summed E-state index contributed by atoms with van der Waals surface area (Å²) in [6, 6.07) is 9.14. The number of anilines is 2. The minimum absolute atomic E-state index is 0.0882. The Morgan fingerprint density at radius 3 is 2.46 bits per heavy atom. The van der Waals surface area contributed by atoms with Gasteiger partial charge in [-0.2, -0.15) is 18.5 Å². The number of carbonyl (C=O) groups excluding carboxylic acids is 1. The number of carbonyl (C=O) groups is 1. The summed E-state index contributed by atoms with van der Waals surface area (Å²) in [5.41, 5.74) is 1.40. The van der Waals surface area contributed by atoms with Crippen LogP contribution < -0.4 is 29.4 Å². The van der Waals surface area contributed by atoms with Crippen molar-refractivity contribution in [3.63, 3.8) is 0 Å². The molecule has 3 aromatic rings. The average molecular weight is 579 g/mol. The van der Waals surface area contributed by atoms with Gasteiger partial charge in [-0.05, 0) is 37.3 Å². The Morgan fingerprint density at radius 2 is 1.81 bits per heavy atom. The molecule has 1 amide bonds. The molecule has 0 radical (unpaired) electrons. The Hall–Kier alpha value is -3.10. The van der Waals surface area contributed by atoms with E-state index < -0.39 is 20.9 Å². The molecule has 0 unspecified atom stereocenters. The highest BCUT2D eigenvalue weighted by molar-refractivity contribution is 8.08. The SMILES string of the molecule is COc1ccc2c(c1)N(C)/C(=c1/s/c(=C3/C(=O)N(c4ccc(S(=O)(=O)O)cc4Cl)N=C3C)n(C)c1=O)S2. The number of hydrogen-bond donors (Lipinski definition) is 1. The van der Waals surface area contributed by atoms with E-state index in [9.17, 15) is 22.6 Å². The van der Waals surface area contributed by atoms with Crippen LogP contribution in [0.3, 0.4) is 0 Å². The molecule has 0 spiro atoms. The number of amides is 1. The monoisotopic (exact) mass is 578 g/mol. The number of halogens is 1. The van der Waals surface area contributed by atoms with Gasteiger partial charge in [-0.25, -0.2) is 0 Å². The number of benzene rings is 2. The summed E-state index contributed by atoms with van der Waals surface area (Å²) in [6.07, 6.45) is 0. The molecule has 5 rings (SSSR count). The fourth-order valence-electron chi connectivity index (χ4n) is 4.00. The molecule has 0 aliphatic carbocycles. The zero-order valence-electron chi connectivity index (χ0n) is 19.8. The Labute approximate surface area is 224 Å². The van der Waals surface area contributed by atoms with Crippen molar-refractivity contribution in [2.75, 3.05) is 24.1 Å². The van der Waals surface area contributed by atoms with Crippen molar-refractivity contribution in [3.8, 4) is 5.75 Å². The molecular weight excluding hydrogens is 560 g/mol. The Bertz CT molecular complexity index is 1830. The summed E-state index contributed by atoms with van der Waals surface area (Å²) in [5.74, 6) is 0.183. The van der Waals surface area contributed by atoms with Crippen LogP contribution in [-0.2, 0) is 22.0 Å². The number of nitrogens with zero attached hydrogens (tertiary/aromatic N) is 4. The molecule has 14 heteroatoms. The summed E-state index contributed by atoms with van der Waals surface area (Å²) in [4.78, 5) is 29.3. The van der Waals surface area contributed by atoms with Crippen LogP contribution >= 0.6 is 34.7 Å². The van der Waals surface area contributed by atoms with Crippen LogP contribution in [0.4, 0.5) is 11.4 Å². The van der Waals surface area contributed by atoms with Crippen molar-refractivity contribution in [2.45, 2.75) is 16.7 Å². The normalized spacial score (nSPS) is 18.4. The van der Waals surface area contributed by atoms with Crippen LogP contribution in [0.5, 0.6) is 5.75 Å². The fraction of sp³-hybridized carbons (Fsp3) is 0.174. The Morgan fingerprint density at radius 1 is 1.08 bits per heavy atom. The van der Waals surface area contributed by atoms with Crippen LogP contribution in [-0.4, -0.2) is 43.3 Å². The largest absolute Gasteiger partial charge is 0.497 e. The number of thiazole rings is 1. The summed E-state index contributed by atoms with van der Waals surface area (Å²) in [5, 5.41) is 6.02. The first-order valence-corrected chi connectivity index (χ1v) is 14.1. The molecule has 1 N–H and O–H groups in total. The quantitative estimate of drug-likeness (QED) is 0.470. The lowest BCUT2D eigenvalue weighted by Crippen LogP contribution is -2.33. The lowest BCUT2D eigenvalue weighted by atomic mass is 10.2. The first-order chi connectivity index (χ1) is 17.4. The number of hydrazone groups is 1. The maximum atomic E-state index is 13.5. The molecule has 0 fully saturated rings. The number of rotatable bonds is 3. The van der Waals surface area contributed by atoms with Crippen LogP contribution in [0, 0.1) is 0 Å². The first-order valence-electron chi connectivity index (χ1n) is 10.6. The third-order valence-corrected chi connectivity index (χ3v) is 9.67. The van der Waals surface area contributed by atoms with Gasteiger partial charge in [0.2, 0.25) is 0 Å². The molecule has 2 aliphatic rings. The molecule has 3 heterocycles. The van der Waals surface area contributed by atoms with E-state index in [-0.39, 0.29) is 21.8 Å². The van der Waals surface area contributed by atoms with Crippen molar-refractivity contribution < 1.29 is 22.5 Å². The Balaban J connectivity index is 1.63. The molecule has 37 heavy (non-hydrogen) atoms. The zero-order valence-corrected chi connectivity index (χ0v) is 23.0. The first kappa shape index (κ1) is 25.5. The predicted octanol–water partition coefficient (Wildman–Crippen LogP) is 2.24. The molecule has 10 nitrogen and oxygen atoms in total. The van der Waals surface area contributed by atoms with Crippen molar-refractivity contribution in [2.24, 2.45) is 12.1 Å². The summed E-state index contributed by atoms with van der Waals surface area (Å²) >= 11 is 8.88. The maximum Gasteiger partial charge on any atom is 0.294 e. The molecule has 0 bridgehead atoms. The molecule has 0 saturated carbocycles. The second-order valence-corrected chi connectivity index (χ2v) is 12.0. The predicted molar refractivity (Wildman–Crippen MR) is 145 cm³/mol. The lowest BCUT2D eigenvalue weighted by Gasteiger charge is -2.14. The highest BCUT2D eigenvalue weighted by atomic mass is 35.5. The van der Waals surface area contributed by atoms with Crippen LogP contribution in [0.1, 0.15) is 6.92 Å². The topological polar surface area (TPSA) is 122 Å². The highest BCUT2D eigenvalue weighted by Gasteiger charge is 2.33. The van der Waals surface area contributed by atoms with E-state index in [1.165, 1.54) is 33.7 Å². The molecule has 2 aliphatic heterocycles. The second kappa shape index (κ2) is 9.03. The number of fused-ring (bicyclic) bond motifs is 1. The number of hydrogen-bond acceptors (Lipinski definition) is 9. The van der Waals surface area contributed by atoms with Gasteiger partial charge in [0, 0.05) is 25.1 Å². The summed E-state index contributed by atoms with van der Waals surface area (Å²) in [6.45, 7) is 1.64. The van der Waals surface area contributed by atoms with Gasteiger partial charge in [-0.1, -0.05) is 23.4 Å². The van der Waals surface area contributed by atoms with E-state index in [1.807, 2.05) is 30.1 Å². The van der Waals surface area contributed by atoms with E-state index in [0.717, 1.165) is 32.8 Å². The third kappa shape index (κ3) is 4.16. The van der Waals surface area contributed by atoms with E-state index in [1.54, 1.807) is 21.1 Å². The van der Waals surface area contributed by atoms with Crippen molar-refractivity contribution >= 4 is 78.4 Å². The number of aromatic nitrogens is 1. The summed E-state index contributed by atoms with van der Waals surface area (Å²) in [7, 11) is 0.587. The highest BCUT2D eigenvalue weighted by Crippen LogP contribution is 2.46. The van der Waals surface area contributed by atoms with E-state index in [0.29, 0.717) is 20.7 Å². The van der Waals surface area contributed by atoms with Crippen molar-refractivity contribution in [3.05, 3.63) is 61.0 Å². The van der Waals surface area contributed by atoms with Gasteiger partial charge >= 0.3 is 0 Å². The molecule has 0 atom stereocenters. The van der Waals surface area contributed by atoms with Gasteiger partial charge in [0.25, 0.3) is 21.6 Å².